The molecule has 1 atom stereocenters. The van der Waals surface area contributed by atoms with Crippen LogP contribution < -0.4 is 11.1 Å². The molecule has 1 saturated heterocycles. The van der Waals surface area contributed by atoms with Gasteiger partial charge < -0.3 is 11.1 Å². The molecule has 0 bridgehead atoms. The molecule has 1 heterocycles. The van der Waals surface area contributed by atoms with Crippen LogP contribution in [0.15, 0.2) is 53.8 Å². The predicted molar refractivity (Wildman–Crippen MR) is 81.3 cm³/mol. The van der Waals surface area contributed by atoms with E-state index >= 15 is 0 Å². The normalized spacial score (nSPS) is 24.6. The van der Waals surface area contributed by atoms with Gasteiger partial charge in [0.1, 0.15) is 0 Å². The highest BCUT2D eigenvalue weighted by atomic mass is 32.2. The van der Waals surface area contributed by atoms with Crippen molar-refractivity contribution in [2.75, 3.05) is 0 Å². The van der Waals surface area contributed by atoms with Crippen LogP contribution in [0.4, 0.5) is 0 Å². The third kappa shape index (κ3) is 2.09. The average molecular weight is 285 g/mol. The van der Waals surface area contributed by atoms with E-state index in [-0.39, 0.29) is 5.91 Å². The fourth-order valence-electron chi connectivity index (χ4n) is 2.39. The van der Waals surface area contributed by atoms with Gasteiger partial charge in [0, 0.05) is 16.8 Å². The van der Waals surface area contributed by atoms with Crippen molar-refractivity contribution in [2.24, 2.45) is 5.73 Å². The van der Waals surface area contributed by atoms with Gasteiger partial charge in [-0.3, -0.25) is 10.2 Å². The minimum absolute atomic E-state index is 0.248. The summed E-state index contributed by atoms with van der Waals surface area (Å²) < 4.78 is 0. The molecule has 4 N–H and O–H groups in total. The molecule has 1 unspecified atom stereocenters. The lowest BCUT2D eigenvalue weighted by Gasteiger charge is -2.23. The Morgan fingerprint density at radius 3 is 2.70 bits per heavy atom. The van der Waals surface area contributed by atoms with Gasteiger partial charge in [-0.15, -0.1) is 0 Å². The Balaban J connectivity index is 1.89. The Kier molecular flexibility index (Phi) is 3.23. The monoisotopic (exact) mass is 285 g/mol. The second-order valence-corrected chi connectivity index (χ2v) is 6.06. The maximum atomic E-state index is 12.2. The zero-order valence-electron chi connectivity index (χ0n) is 10.8. The molecule has 2 aliphatic rings. The van der Waals surface area contributed by atoms with Crippen LogP contribution in [0, 0.1) is 5.41 Å². The largest absolute Gasteiger partial charge is 0.323 e. The van der Waals surface area contributed by atoms with Crippen molar-refractivity contribution < 1.29 is 4.79 Å². The van der Waals surface area contributed by atoms with Crippen LogP contribution >= 0.6 is 11.8 Å². The van der Waals surface area contributed by atoms with Gasteiger partial charge in [0.15, 0.2) is 4.87 Å². The van der Waals surface area contributed by atoms with E-state index in [1.165, 1.54) is 0 Å². The van der Waals surface area contributed by atoms with E-state index < -0.39 is 4.87 Å². The van der Waals surface area contributed by atoms with Gasteiger partial charge in [-0.2, -0.15) is 0 Å². The minimum atomic E-state index is -1.20. The van der Waals surface area contributed by atoms with Crippen molar-refractivity contribution in [1.82, 2.24) is 5.32 Å². The Morgan fingerprint density at radius 2 is 1.95 bits per heavy atom. The number of nitrogens with two attached hydrogens (primary N) is 1. The average Bonchev–Trinajstić information content (AvgIpc) is 2.72. The topological polar surface area (TPSA) is 79.0 Å². The van der Waals surface area contributed by atoms with E-state index in [1.54, 1.807) is 0 Å². The Morgan fingerprint density at radius 1 is 1.25 bits per heavy atom. The Bertz CT molecular complexity index is 636. The predicted octanol–water partition coefficient (Wildman–Crippen LogP) is 2.13. The van der Waals surface area contributed by atoms with E-state index in [9.17, 15) is 4.79 Å². The van der Waals surface area contributed by atoms with Crippen LogP contribution in [0.2, 0.25) is 0 Å². The first-order chi connectivity index (χ1) is 9.61. The molecule has 0 aromatic heterocycles. The summed E-state index contributed by atoms with van der Waals surface area (Å²) >= 11 is 1.10. The molecule has 1 aliphatic heterocycles. The number of thioether (sulfide) groups is 1. The van der Waals surface area contributed by atoms with E-state index in [1.807, 2.05) is 42.5 Å². The molecule has 3 rings (SSSR count). The standard InChI is InChI=1S/C15H15N3OS/c16-13(10-6-2-1-3-7-10)20-15(17)11-8-4-5-9-12(11)18-14(15)19/h1-3,6-9,16H,4-5,17H2,(H,18,19). The number of hydrogen-bond donors (Lipinski definition) is 3. The molecule has 0 spiro atoms. The van der Waals surface area contributed by atoms with Crippen LogP contribution in [-0.4, -0.2) is 15.8 Å². The van der Waals surface area contributed by atoms with Crippen molar-refractivity contribution >= 4 is 22.7 Å². The molecule has 1 fully saturated rings. The first-order valence-corrected chi connectivity index (χ1v) is 7.27. The first-order valence-electron chi connectivity index (χ1n) is 6.46. The zero-order valence-corrected chi connectivity index (χ0v) is 11.7. The fraction of sp³-hybridized carbons (Fsp3) is 0.200. The van der Waals surface area contributed by atoms with Crippen molar-refractivity contribution in [3.05, 3.63) is 59.3 Å². The highest BCUT2D eigenvalue weighted by Gasteiger charge is 2.48. The molecule has 20 heavy (non-hydrogen) atoms. The summed E-state index contributed by atoms with van der Waals surface area (Å²) in [5.41, 5.74) is 8.67. The molecule has 5 heteroatoms. The number of hydrogen-bond acceptors (Lipinski definition) is 4. The molecule has 102 valence electrons. The summed E-state index contributed by atoms with van der Waals surface area (Å²) in [7, 11) is 0. The lowest BCUT2D eigenvalue weighted by Crippen LogP contribution is -2.45. The maximum Gasteiger partial charge on any atom is 0.260 e. The molecule has 0 saturated carbocycles. The molecular formula is C15H15N3OS. The number of carbonyl (C=O) groups is 1. The fourth-order valence-corrected chi connectivity index (χ4v) is 3.42. The summed E-state index contributed by atoms with van der Waals surface area (Å²) in [5.74, 6) is -0.248. The number of carbonyl (C=O) groups excluding carboxylic acids is 1. The molecule has 1 aromatic carbocycles. The second-order valence-electron chi connectivity index (χ2n) is 4.80. The van der Waals surface area contributed by atoms with Crippen molar-refractivity contribution in [2.45, 2.75) is 17.7 Å². The van der Waals surface area contributed by atoms with E-state index in [2.05, 4.69) is 5.32 Å². The van der Waals surface area contributed by atoms with Gasteiger partial charge in [0.2, 0.25) is 0 Å². The van der Waals surface area contributed by atoms with Crippen molar-refractivity contribution in [3.63, 3.8) is 0 Å². The summed E-state index contributed by atoms with van der Waals surface area (Å²) in [5, 5.41) is 11.3. The van der Waals surface area contributed by atoms with Crippen LogP contribution in [0.3, 0.4) is 0 Å². The summed E-state index contributed by atoms with van der Waals surface area (Å²) in [6.45, 7) is 0. The summed E-state index contributed by atoms with van der Waals surface area (Å²) in [6.07, 6.45) is 5.79. The van der Waals surface area contributed by atoms with Crippen LogP contribution in [0.5, 0.6) is 0 Å². The van der Waals surface area contributed by atoms with E-state index in [0.29, 0.717) is 5.04 Å². The second kappa shape index (κ2) is 4.92. The van der Waals surface area contributed by atoms with Gasteiger partial charge >= 0.3 is 0 Å². The number of allylic oxidation sites excluding steroid dienone is 2. The highest BCUT2D eigenvalue weighted by molar-refractivity contribution is 8.16. The van der Waals surface area contributed by atoms with Crippen LogP contribution in [0.25, 0.3) is 0 Å². The van der Waals surface area contributed by atoms with Gasteiger partial charge in [0.25, 0.3) is 5.91 Å². The van der Waals surface area contributed by atoms with Gasteiger partial charge in [0.05, 0.1) is 5.04 Å². The van der Waals surface area contributed by atoms with Crippen molar-refractivity contribution in [1.29, 1.82) is 5.41 Å². The third-order valence-corrected chi connectivity index (χ3v) is 4.61. The number of benzene rings is 1. The summed E-state index contributed by atoms with van der Waals surface area (Å²) in [6, 6.07) is 9.32. The highest BCUT2D eigenvalue weighted by Crippen LogP contribution is 2.40. The first kappa shape index (κ1) is 13.1. The Labute approximate surface area is 121 Å². The van der Waals surface area contributed by atoms with Gasteiger partial charge in [-0.1, -0.05) is 54.2 Å². The van der Waals surface area contributed by atoms with Crippen molar-refractivity contribution in [3.8, 4) is 0 Å². The van der Waals surface area contributed by atoms with Crippen LogP contribution in [0.1, 0.15) is 18.4 Å². The lowest BCUT2D eigenvalue weighted by molar-refractivity contribution is -0.120. The minimum Gasteiger partial charge on any atom is -0.323 e. The summed E-state index contributed by atoms with van der Waals surface area (Å²) in [4.78, 5) is 11.0. The number of rotatable bonds is 2. The van der Waals surface area contributed by atoms with Gasteiger partial charge in [-0.25, -0.2) is 0 Å². The van der Waals surface area contributed by atoms with E-state index in [4.69, 9.17) is 11.1 Å². The molecule has 1 aliphatic carbocycles. The van der Waals surface area contributed by atoms with Gasteiger partial charge in [-0.05, 0) is 12.8 Å². The zero-order chi connectivity index (χ0) is 14.2. The molecule has 0 radical (unpaired) electrons. The lowest BCUT2D eigenvalue weighted by atomic mass is 10.0. The number of nitrogens with one attached hydrogen (secondary N) is 2. The number of fused-ring (bicyclic) bond motifs is 1. The maximum absolute atomic E-state index is 12.2. The third-order valence-electron chi connectivity index (χ3n) is 3.44. The molecule has 1 aromatic rings. The quantitative estimate of drug-likeness (QED) is 0.442. The molecule has 4 nitrogen and oxygen atoms in total. The SMILES string of the molecule is N=C(SC1(N)C(=O)NC2=CCCC=C21)c1ccccc1. The Hall–Kier alpha value is -1.85. The van der Waals surface area contributed by atoms with E-state index in [0.717, 1.165) is 41.4 Å². The molecular weight excluding hydrogens is 270 g/mol. The molecule has 1 amide bonds. The van der Waals surface area contributed by atoms with Crippen LogP contribution in [-0.2, 0) is 4.79 Å². The number of amides is 1. The smallest absolute Gasteiger partial charge is 0.260 e.